The molecule has 56 heavy (non-hydrogen) atoms. The fraction of sp³-hybridized carbons (Fsp3) is 0.936. The molecule has 0 aromatic rings. The van der Waals surface area contributed by atoms with Gasteiger partial charge >= 0.3 is 17.9 Å². The monoisotopic (exact) mass is 799 g/mol. The molecular formula is C47H92NO8+. The summed E-state index contributed by atoms with van der Waals surface area (Å²) in [7, 11) is 5.96. The third-order valence-electron chi connectivity index (χ3n) is 10.6. The highest BCUT2D eigenvalue weighted by Gasteiger charge is 2.25. The Balaban J connectivity index is 4.26. The first-order valence-corrected chi connectivity index (χ1v) is 23.7. The third-order valence-corrected chi connectivity index (χ3v) is 10.6. The van der Waals surface area contributed by atoms with Crippen LogP contribution in [0.3, 0.4) is 0 Å². The zero-order valence-electron chi connectivity index (χ0n) is 37.6. The summed E-state index contributed by atoms with van der Waals surface area (Å²) in [6, 6.07) is 0. The quantitative estimate of drug-likeness (QED) is 0.0281. The van der Waals surface area contributed by atoms with Crippen LogP contribution in [-0.4, -0.2) is 87.4 Å². The Morgan fingerprint density at radius 1 is 0.464 bits per heavy atom. The SMILES string of the molecule is CCCCCCCCCCCCCCCCCCCCCCCC(=O)OC(COC(=O)CCCCCCCCCCCC)COC(OCC[N+](C)(C)C)C(=O)O. The maximum atomic E-state index is 12.8. The molecule has 0 saturated carbocycles. The number of carboxylic acid groups (broad SMARTS) is 1. The fourth-order valence-corrected chi connectivity index (χ4v) is 6.90. The lowest BCUT2D eigenvalue weighted by Crippen LogP contribution is -2.40. The number of rotatable bonds is 44. The van der Waals surface area contributed by atoms with Crippen molar-refractivity contribution in [3.8, 4) is 0 Å². The highest BCUT2D eigenvalue weighted by Crippen LogP contribution is 2.16. The number of carbonyl (C=O) groups excluding carboxylic acids is 2. The molecule has 332 valence electrons. The molecule has 0 fully saturated rings. The lowest BCUT2D eigenvalue weighted by molar-refractivity contribution is -0.870. The lowest BCUT2D eigenvalue weighted by Gasteiger charge is -2.25. The van der Waals surface area contributed by atoms with E-state index >= 15 is 0 Å². The zero-order chi connectivity index (χ0) is 41.4. The maximum Gasteiger partial charge on any atom is 0.361 e. The molecule has 1 N–H and O–H groups in total. The molecule has 0 amide bonds. The van der Waals surface area contributed by atoms with Gasteiger partial charge in [-0.2, -0.15) is 0 Å². The summed E-state index contributed by atoms with van der Waals surface area (Å²) in [6.07, 6.45) is 37.4. The second-order valence-electron chi connectivity index (χ2n) is 17.4. The van der Waals surface area contributed by atoms with E-state index < -0.39 is 18.4 Å². The van der Waals surface area contributed by atoms with E-state index in [-0.39, 0.29) is 38.2 Å². The van der Waals surface area contributed by atoms with E-state index in [1.807, 2.05) is 21.1 Å². The Hall–Kier alpha value is -1.71. The average Bonchev–Trinajstić information content (AvgIpc) is 3.15. The van der Waals surface area contributed by atoms with Crippen LogP contribution in [0.25, 0.3) is 0 Å². The van der Waals surface area contributed by atoms with Crippen molar-refractivity contribution in [2.45, 2.75) is 238 Å². The number of carboxylic acids is 1. The molecule has 0 aromatic carbocycles. The fourth-order valence-electron chi connectivity index (χ4n) is 6.90. The van der Waals surface area contributed by atoms with Gasteiger partial charge in [0.25, 0.3) is 6.29 Å². The number of likely N-dealkylation sites (N-methyl/N-ethyl adjacent to an activating group) is 1. The number of hydrogen-bond donors (Lipinski definition) is 1. The van der Waals surface area contributed by atoms with Gasteiger partial charge in [-0.05, 0) is 12.8 Å². The van der Waals surface area contributed by atoms with Crippen LogP contribution in [-0.2, 0) is 33.3 Å². The van der Waals surface area contributed by atoms with Crippen LogP contribution in [0.4, 0.5) is 0 Å². The highest BCUT2D eigenvalue weighted by molar-refractivity contribution is 5.71. The van der Waals surface area contributed by atoms with Gasteiger partial charge in [0.2, 0.25) is 0 Å². The summed E-state index contributed by atoms with van der Waals surface area (Å²) in [5.74, 6) is -1.99. The number of nitrogens with zero attached hydrogens (tertiary/aromatic N) is 1. The van der Waals surface area contributed by atoms with Crippen LogP contribution in [0.2, 0.25) is 0 Å². The summed E-state index contributed by atoms with van der Waals surface area (Å²) in [5.41, 5.74) is 0. The number of carbonyl (C=O) groups is 3. The number of esters is 2. The van der Waals surface area contributed by atoms with Crippen LogP contribution in [0.1, 0.15) is 226 Å². The average molecular weight is 799 g/mol. The summed E-state index contributed by atoms with van der Waals surface area (Å²) in [4.78, 5) is 37.1. The molecule has 9 nitrogen and oxygen atoms in total. The minimum atomic E-state index is -1.50. The van der Waals surface area contributed by atoms with Crippen molar-refractivity contribution in [3.63, 3.8) is 0 Å². The molecule has 0 aliphatic heterocycles. The Bertz CT molecular complexity index is 892. The van der Waals surface area contributed by atoms with Crippen molar-refractivity contribution >= 4 is 17.9 Å². The molecule has 0 aliphatic carbocycles. The molecule has 0 saturated heterocycles. The number of unbranched alkanes of at least 4 members (excludes halogenated alkanes) is 29. The Kier molecular flexibility index (Phi) is 38.9. The Labute approximate surface area is 345 Å². The van der Waals surface area contributed by atoms with Gasteiger partial charge in [0.05, 0.1) is 34.4 Å². The van der Waals surface area contributed by atoms with E-state index in [0.717, 1.165) is 38.5 Å². The second kappa shape index (κ2) is 40.1. The van der Waals surface area contributed by atoms with E-state index in [2.05, 4.69) is 13.8 Å². The van der Waals surface area contributed by atoms with Crippen LogP contribution < -0.4 is 0 Å². The van der Waals surface area contributed by atoms with Crippen molar-refractivity contribution in [1.82, 2.24) is 0 Å². The molecule has 0 heterocycles. The topological polar surface area (TPSA) is 108 Å². The first-order valence-electron chi connectivity index (χ1n) is 23.7. The van der Waals surface area contributed by atoms with E-state index in [0.29, 0.717) is 17.4 Å². The lowest BCUT2D eigenvalue weighted by atomic mass is 10.0. The summed E-state index contributed by atoms with van der Waals surface area (Å²) >= 11 is 0. The van der Waals surface area contributed by atoms with Crippen LogP contribution in [0.15, 0.2) is 0 Å². The molecule has 0 radical (unpaired) electrons. The van der Waals surface area contributed by atoms with Crippen LogP contribution in [0.5, 0.6) is 0 Å². The van der Waals surface area contributed by atoms with Crippen molar-refractivity contribution in [2.24, 2.45) is 0 Å². The van der Waals surface area contributed by atoms with Gasteiger partial charge in [0, 0.05) is 12.8 Å². The van der Waals surface area contributed by atoms with Gasteiger partial charge in [-0.3, -0.25) is 9.59 Å². The van der Waals surface area contributed by atoms with Gasteiger partial charge in [-0.1, -0.05) is 200 Å². The van der Waals surface area contributed by atoms with Crippen molar-refractivity contribution < 1.29 is 42.9 Å². The van der Waals surface area contributed by atoms with E-state index in [4.69, 9.17) is 18.9 Å². The van der Waals surface area contributed by atoms with Crippen molar-refractivity contribution in [2.75, 3.05) is 47.5 Å². The summed E-state index contributed by atoms with van der Waals surface area (Å²) in [5, 5.41) is 9.63. The molecule has 9 heteroatoms. The smallest absolute Gasteiger partial charge is 0.361 e. The van der Waals surface area contributed by atoms with E-state index in [9.17, 15) is 19.5 Å². The van der Waals surface area contributed by atoms with Gasteiger partial charge in [-0.25, -0.2) is 4.79 Å². The summed E-state index contributed by atoms with van der Waals surface area (Å²) in [6.45, 7) is 4.89. The normalized spacial score (nSPS) is 12.8. The predicted octanol–water partition coefficient (Wildman–Crippen LogP) is 12.5. The van der Waals surface area contributed by atoms with E-state index in [1.165, 1.54) is 161 Å². The number of hydrogen-bond acceptors (Lipinski definition) is 7. The standard InChI is InChI=1S/C47H91NO8/c1-6-8-10-12-14-16-18-19-20-21-22-23-24-25-26-27-28-30-32-34-36-38-45(50)56-43(42-55-47(46(51)52)53-40-39-48(3,4)5)41-54-44(49)37-35-33-31-29-17-15-13-11-9-7-2/h43,47H,6-42H2,1-5H3/p+1. The predicted molar refractivity (Wildman–Crippen MR) is 231 cm³/mol. The third kappa shape index (κ3) is 40.5. The number of aliphatic carboxylic acids is 1. The Morgan fingerprint density at radius 2 is 0.804 bits per heavy atom. The minimum absolute atomic E-state index is 0.174. The molecule has 2 atom stereocenters. The Morgan fingerprint density at radius 3 is 1.14 bits per heavy atom. The maximum absolute atomic E-state index is 12.8. The number of ether oxygens (including phenoxy) is 4. The van der Waals surface area contributed by atoms with Crippen molar-refractivity contribution in [3.05, 3.63) is 0 Å². The highest BCUT2D eigenvalue weighted by atomic mass is 16.7. The zero-order valence-corrected chi connectivity index (χ0v) is 37.6. The van der Waals surface area contributed by atoms with Gasteiger partial charge in [0.1, 0.15) is 13.2 Å². The first-order chi connectivity index (χ1) is 27.1. The molecule has 0 spiro atoms. The van der Waals surface area contributed by atoms with Gasteiger partial charge in [-0.15, -0.1) is 0 Å². The largest absolute Gasteiger partial charge is 0.477 e. The molecule has 0 bridgehead atoms. The van der Waals surface area contributed by atoms with Crippen LogP contribution >= 0.6 is 0 Å². The minimum Gasteiger partial charge on any atom is -0.477 e. The summed E-state index contributed by atoms with van der Waals surface area (Å²) < 4.78 is 22.7. The van der Waals surface area contributed by atoms with Crippen molar-refractivity contribution in [1.29, 1.82) is 0 Å². The first kappa shape index (κ1) is 54.3. The number of quaternary nitrogens is 1. The molecule has 0 aliphatic rings. The molecule has 0 rings (SSSR count). The van der Waals surface area contributed by atoms with Gasteiger partial charge < -0.3 is 28.5 Å². The van der Waals surface area contributed by atoms with Gasteiger partial charge in [0.15, 0.2) is 6.10 Å². The molecule has 0 aromatic heterocycles. The van der Waals surface area contributed by atoms with E-state index in [1.54, 1.807) is 0 Å². The van der Waals surface area contributed by atoms with Crippen LogP contribution in [0, 0.1) is 0 Å². The molecule has 2 unspecified atom stereocenters. The molecular weight excluding hydrogens is 707 g/mol. The second-order valence-corrected chi connectivity index (χ2v) is 17.4.